The lowest BCUT2D eigenvalue weighted by molar-refractivity contribution is -0.116. The third kappa shape index (κ3) is 3.31. The maximum absolute atomic E-state index is 11.6. The highest BCUT2D eigenvalue weighted by Crippen LogP contribution is 2.15. The molecule has 1 amide bonds. The van der Waals surface area contributed by atoms with Crippen molar-refractivity contribution in [3.63, 3.8) is 0 Å². The second kappa shape index (κ2) is 5.61. The van der Waals surface area contributed by atoms with Crippen molar-refractivity contribution in [2.75, 3.05) is 18.4 Å². The van der Waals surface area contributed by atoms with Crippen LogP contribution in [0.15, 0.2) is 24.5 Å². The SMILES string of the molecule is O=C(CCC1CCNC1)Nc1ccncc1. The lowest BCUT2D eigenvalue weighted by atomic mass is 10.0. The third-order valence-electron chi connectivity index (χ3n) is 2.91. The molecular formula is C12H17N3O. The number of amides is 1. The summed E-state index contributed by atoms with van der Waals surface area (Å²) in [5.74, 6) is 0.765. The van der Waals surface area contributed by atoms with Crippen LogP contribution in [0.3, 0.4) is 0 Å². The first-order valence-corrected chi connectivity index (χ1v) is 5.75. The maximum atomic E-state index is 11.6. The number of hydrogen-bond acceptors (Lipinski definition) is 3. The number of anilines is 1. The van der Waals surface area contributed by atoms with Crippen molar-refractivity contribution in [2.45, 2.75) is 19.3 Å². The number of aromatic nitrogens is 1. The van der Waals surface area contributed by atoms with Crippen LogP contribution in [0.25, 0.3) is 0 Å². The summed E-state index contributed by atoms with van der Waals surface area (Å²) in [5, 5.41) is 6.17. The molecule has 1 unspecified atom stereocenters. The fourth-order valence-electron chi connectivity index (χ4n) is 1.95. The zero-order chi connectivity index (χ0) is 11.2. The molecule has 1 saturated heterocycles. The van der Waals surface area contributed by atoms with Gasteiger partial charge in [-0.05, 0) is 44.0 Å². The van der Waals surface area contributed by atoms with E-state index in [9.17, 15) is 4.79 Å². The Morgan fingerprint density at radius 2 is 2.31 bits per heavy atom. The summed E-state index contributed by atoms with van der Waals surface area (Å²) in [6.45, 7) is 2.15. The molecule has 16 heavy (non-hydrogen) atoms. The number of nitrogens with zero attached hydrogens (tertiary/aromatic N) is 1. The van der Waals surface area contributed by atoms with Crippen LogP contribution in [0.5, 0.6) is 0 Å². The van der Waals surface area contributed by atoms with Gasteiger partial charge in [-0.3, -0.25) is 9.78 Å². The number of carbonyl (C=O) groups excluding carboxylic acids is 1. The van der Waals surface area contributed by atoms with Gasteiger partial charge in [-0.25, -0.2) is 0 Å². The number of hydrogen-bond donors (Lipinski definition) is 2. The Balaban J connectivity index is 1.72. The van der Waals surface area contributed by atoms with Crippen molar-refractivity contribution in [3.8, 4) is 0 Å². The minimum atomic E-state index is 0.0955. The molecule has 1 aromatic rings. The Morgan fingerprint density at radius 3 is 3.00 bits per heavy atom. The van der Waals surface area contributed by atoms with Gasteiger partial charge in [-0.15, -0.1) is 0 Å². The summed E-state index contributed by atoms with van der Waals surface area (Å²) in [6.07, 6.45) is 6.13. The highest BCUT2D eigenvalue weighted by Gasteiger charge is 2.15. The Kier molecular flexibility index (Phi) is 3.88. The standard InChI is InChI=1S/C12H17N3O/c16-12(2-1-10-3-6-14-9-10)15-11-4-7-13-8-5-11/h4-5,7-8,10,14H,1-3,6,9H2,(H,13,15,16). The van der Waals surface area contributed by atoms with Crippen LogP contribution < -0.4 is 10.6 Å². The summed E-state index contributed by atoms with van der Waals surface area (Å²) >= 11 is 0. The van der Waals surface area contributed by atoms with Gasteiger partial charge in [-0.2, -0.15) is 0 Å². The summed E-state index contributed by atoms with van der Waals surface area (Å²) < 4.78 is 0. The Morgan fingerprint density at radius 1 is 1.50 bits per heavy atom. The lowest BCUT2D eigenvalue weighted by Gasteiger charge is -2.08. The molecule has 1 aliphatic heterocycles. The molecule has 4 heteroatoms. The molecule has 2 N–H and O–H groups in total. The average Bonchev–Trinajstić information content (AvgIpc) is 2.81. The van der Waals surface area contributed by atoms with Gasteiger partial charge in [0.1, 0.15) is 0 Å². The van der Waals surface area contributed by atoms with Gasteiger partial charge in [0.25, 0.3) is 0 Å². The first-order chi connectivity index (χ1) is 7.84. The van der Waals surface area contributed by atoms with Gasteiger partial charge < -0.3 is 10.6 Å². The summed E-state index contributed by atoms with van der Waals surface area (Å²) in [6, 6.07) is 3.60. The minimum Gasteiger partial charge on any atom is -0.326 e. The molecule has 1 atom stereocenters. The molecule has 1 aromatic heterocycles. The van der Waals surface area contributed by atoms with Gasteiger partial charge >= 0.3 is 0 Å². The van der Waals surface area contributed by atoms with Crippen molar-refractivity contribution < 1.29 is 4.79 Å². The van der Waals surface area contributed by atoms with E-state index < -0.39 is 0 Å². The van der Waals surface area contributed by atoms with E-state index >= 15 is 0 Å². The quantitative estimate of drug-likeness (QED) is 0.805. The second-order valence-corrected chi connectivity index (χ2v) is 4.18. The summed E-state index contributed by atoms with van der Waals surface area (Å²) in [7, 11) is 0. The second-order valence-electron chi connectivity index (χ2n) is 4.18. The van der Waals surface area contributed by atoms with Crippen LogP contribution in [-0.4, -0.2) is 24.0 Å². The van der Waals surface area contributed by atoms with E-state index in [1.54, 1.807) is 24.5 Å². The largest absolute Gasteiger partial charge is 0.326 e. The first kappa shape index (κ1) is 11.1. The fraction of sp³-hybridized carbons (Fsp3) is 0.500. The molecule has 0 saturated carbocycles. The van der Waals surface area contributed by atoms with Crippen molar-refractivity contribution in [1.29, 1.82) is 0 Å². The zero-order valence-electron chi connectivity index (χ0n) is 9.28. The van der Waals surface area contributed by atoms with Crippen LogP contribution in [0, 0.1) is 5.92 Å². The average molecular weight is 219 g/mol. The van der Waals surface area contributed by atoms with Crippen LogP contribution in [0.2, 0.25) is 0 Å². The summed E-state index contributed by atoms with van der Waals surface area (Å²) in [4.78, 5) is 15.5. The van der Waals surface area contributed by atoms with Gasteiger partial charge in [0.15, 0.2) is 0 Å². The van der Waals surface area contributed by atoms with E-state index in [1.165, 1.54) is 6.42 Å². The van der Waals surface area contributed by atoms with Gasteiger partial charge in [-0.1, -0.05) is 0 Å². The molecule has 0 bridgehead atoms. The van der Waals surface area contributed by atoms with E-state index in [2.05, 4.69) is 15.6 Å². The molecule has 2 rings (SSSR count). The number of nitrogens with one attached hydrogen (secondary N) is 2. The van der Waals surface area contributed by atoms with E-state index in [0.717, 1.165) is 25.2 Å². The fourth-order valence-corrected chi connectivity index (χ4v) is 1.95. The highest BCUT2D eigenvalue weighted by molar-refractivity contribution is 5.90. The smallest absolute Gasteiger partial charge is 0.224 e. The van der Waals surface area contributed by atoms with Gasteiger partial charge in [0.2, 0.25) is 5.91 Å². The van der Waals surface area contributed by atoms with Crippen LogP contribution >= 0.6 is 0 Å². The molecule has 0 aromatic carbocycles. The van der Waals surface area contributed by atoms with Crippen molar-refractivity contribution in [2.24, 2.45) is 5.92 Å². The maximum Gasteiger partial charge on any atom is 0.224 e. The number of carbonyl (C=O) groups is 1. The predicted molar refractivity (Wildman–Crippen MR) is 63.1 cm³/mol. The molecule has 0 radical (unpaired) electrons. The summed E-state index contributed by atoms with van der Waals surface area (Å²) in [5.41, 5.74) is 0.824. The zero-order valence-corrected chi connectivity index (χ0v) is 9.28. The molecule has 0 aliphatic carbocycles. The van der Waals surface area contributed by atoms with Crippen molar-refractivity contribution in [3.05, 3.63) is 24.5 Å². The predicted octanol–water partition coefficient (Wildman–Crippen LogP) is 1.41. The van der Waals surface area contributed by atoms with Crippen LogP contribution in [-0.2, 0) is 4.79 Å². The normalized spacial score (nSPS) is 19.6. The molecule has 86 valence electrons. The van der Waals surface area contributed by atoms with E-state index in [4.69, 9.17) is 0 Å². The van der Waals surface area contributed by atoms with Gasteiger partial charge in [0, 0.05) is 24.5 Å². The number of rotatable bonds is 4. The molecule has 0 spiro atoms. The van der Waals surface area contributed by atoms with E-state index in [-0.39, 0.29) is 5.91 Å². The van der Waals surface area contributed by atoms with E-state index in [0.29, 0.717) is 12.3 Å². The Labute approximate surface area is 95.5 Å². The Hall–Kier alpha value is -1.42. The molecule has 1 fully saturated rings. The number of pyridine rings is 1. The Bertz CT molecular complexity index is 333. The van der Waals surface area contributed by atoms with E-state index in [1.807, 2.05) is 0 Å². The van der Waals surface area contributed by atoms with Crippen molar-refractivity contribution in [1.82, 2.24) is 10.3 Å². The highest BCUT2D eigenvalue weighted by atomic mass is 16.1. The monoisotopic (exact) mass is 219 g/mol. The minimum absolute atomic E-state index is 0.0955. The van der Waals surface area contributed by atoms with Crippen molar-refractivity contribution >= 4 is 11.6 Å². The first-order valence-electron chi connectivity index (χ1n) is 5.75. The van der Waals surface area contributed by atoms with Gasteiger partial charge in [0.05, 0.1) is 0 Å². The molecule has 4 nitrogen and oxygen atoms in total. The topological polar surface area (TPSA) is 54.0 Å². The van der Waals surface area contributed by atoms with Crippen LogP contribution in [0.1, 0.15) is 19.3 Å². The molecular weight excluding hydrogens is 202 g/mol. The molecule has 1 aliphatic rings. The van der Waals surface area contributed by atoms with Crippen LogP contribution in [0.4, 0.5) is 5.69 Å². The lowest BCUT2D eigenvalue weighted by Crippen LogP contribution is -2.14. The molecule has 2 heterocycles. The third-order valence-corrected chi connectivity index (χ3v) is 2.91.